The van der Waals surface area contributed by atoms with Gasteiger partial charge in [0.25, 0.3) is 0 Å². The normalized spacial score (nSPS) is 24.2. The zero-order valence-corrected chi connectivity index (χ0v) is 16.2. The van der Waals surface area contributed by atoms with Gasteiger partial charge >= 0.3 is 6.03 Å². The fraction of sp³-hybridized carbons (Fsp3) is 0.737. The molecule has 1 unspecified atom stereocenters. The van der Waals surface area contributed by atoms with Crippen molar-refractivity contribution >= 4 is 17.4 Å². The Morgan fingerprint density at radius 3 is 2.72 bits per heavy atom. The first-order valence-corrected chi connectivity index (χ1v) is 10.5. The number of hydrogen-bond acceptors (Lipinski definition) is 4. The Labute approximate surface area is 154 Å². The first-order chi connectivity index (χ1) is 12.1. The van der Waals surface area contributed by atoms with Gasteiger partial charge in [-0.25, -0.2) is 4.79 Å². The van der Waals surface area contributed by atoms with Gasteiger partial charge in [-0.2, -0.15) is 0 Å². The summed E-state index contributed by atoms with van der Waals surface area (Å²) in [6.07, 6.45) is 4.68. The summed E-state index contributed by atoms with van der Waals surface area (Å²) in [4.78, 5) is 20.5. The smallest absolute Gasteiger partial charge is 0.320 e. The van der Waals surface area contributed by atoms with Gasteiger partial charge in [0.15, 0.2) is 5.06 Å². The molecule has 2 fully saturated rings. The van der Waals surface area contributed by atoms with E-state index < -0.39 is 0 Å². The Bertz CT molecular complexity index is 624. The third-order valence-electron chi connectivity index (χ3n) is 5.68. The number of hydrogen-bond donors (Lipinski definition) is 0. The minimum atomic E-state index is 0.222. The highest BCUT2D eigenvalue weighted by Crippen LogP contribution is 2.35. The van der Waals surface area contributed by atoms with Gasteiger partial charge in [0.05, 0.1) is 0 Å². The number of likely N-dealkylation sites (tertiary alicyclic amines) is 2. The lowest BCUT2D eigenvalue weighted by Crippen LogP contribution is -2.43. The average molecular weight is 364 g/mol. The molecule has 0 spiro atoms. The Hall–Kier alpha value is -1.27. The first-order valence-electron chi connectivity index (χ1n) is 9.66. The topological polar surface area (TPSA) is 36.0 Å². The predicted octanol–water partition coefficient (Wildman–Crippen LogP) is 3.18. The van der Waals surface area contributed by atoms with Gasteiger partial charge in [-0.05, 0) is 51.2 Å². The summed E-state index contributed by atoms with van der Waals surface area (Å²) in [5.74, 6) is 0. The number of carbonyl (C=O) groups is 1. The van der Waals surface area contributed by atoms with Crippen LogP contribution in [-0.4, -0.2) is 65.6 Å². The fourth-order valence-electron chi connectivity index (χ4n) is 4.12. The molecule has 0 saturated carbocycles. The highest BCUT2D eigenvalue weighted by molar-refractivity contribution is 7.14. The van der Waals surface area contributed by atoms with Gasteiger partial charge in [0, 0.05) is 50.2 Å². The van der Waals surface area contributed by atoms with E-state index in [1.165, 1.54) is 10.4 Å². The van der Waals surface area contributed by atoms with Crippen LogP contribution in [0.15, 0.2) is 6.07 Å². The van der Waals surface area contributed by atoms with Crippen molar-refractivity contribution in [3.8, 4) is 5.06 Å². The molecule has 0 bridgehead atoms. The summed E-state index contributed by atoms with van der Waals surface area (Å²) in [7, 11) is 0. The Balaban J connectivity index is 1.37. The van der Waals surface area contributed by atoms with Crippen LogP contribution < -0.4 is 4.74 Å². The number of fused-ring (bicyclic) bond motifs is 1. The molecule has 0 aromatic carbocycles. The van der Waals surface area contributed by atoms with Crippen LogP contribution in [0.3, 0.4) is 0 Å². The average Bonchev–Trinajstić information content (AvgIpc) is 3.33. The van der Waals surface area contributed by atoms with Crippen LogP contribution in [0.1, 0.15) is 43.6 Å². The van der Waals surface area contributed by atoms with Crippen molar-refractivity contribution in [2.24, 2.45) is 0 Å². The quantitative estimate of drug-likeness (QED) is 0.827. The molecular formula is C19H29N3O2S. The van der Waals surface area contributed by atoms with Crippen LogP contribution in [0.2, 0.25) is 0 Å². The highest BCUT2D eigenvalue weighted by Gasteiger charge is 2.30. The molecule has 138 valence electrons. The minimum Gasteiger partial charge on any atom is -0.479 e. The maximum absolute atomic E-state index is 12.6. The SMILES string of the molecule is CC(C)N1CCC(Oc2cc3c(s2)CCN(C(=O)N2CCCC2)C3)C1. The van der Waals surface area contributed by atoms with E-state index in [0.717, 1.165) is 70.0 Å². The van der Waals surface area contributed by atoms with E-state index in [4.69, 9.17) is 4.74 Å². The highest BCUT2D eigenvalue weighted by atomic mass is 32.1. The van der Waals surface area contributed by atoms with E-state index in [0.29, 0.717) is 12.1 Å². The number of thiophene rings is 1. The maximum Gasteiger partial charge on any atom is 0.320 e. The van der Waals surface area contributed by atoms with Crippen molar-refractivity contribution in [2.75, 3.05) is 32.7 Å². The molecule has 3 aliphatic rings. The molecule has 25 heavy (non-hydrogen) atoms. The molecule has 3 aliphatic heterocycles. The second kappa shape index (κ2) is 7.16. The summed E-state index contributed by atoms with van der Waals surface area (Å²) in [6.45, 7) is 10.1. The van der Waals surface area contributed by atoms with E-state index in [-0.39, 0.29) is 6.03 Å². The zero-order valence-electron chi connectivity index (χ0n) is 15.4. The second-order valence-corrected chi connectivity index (χ2v) is 8.88. The summed E-state index contributed by atoms with van der Waals surface area (Å²) in [5, 5.41) is 1.04. The molecular weight excluding hydrogens is 334 g/mol. The molecule has 1 atom stereocenters. The van der Waals surface area contributed by atoms with E-state index in [2.05, 4.69) is 24.8 Å². The van der Waals surface area contributed by atoms with Gasteiger partial charge in [-0.15, -0.1) is 11.3 Å². The summed E-state index contributed by atoms with van der Waals surface area (Å²) in [6, 6.07) is 3.00. The van der Waals surface area contributed by atoms with Crippen molar-refractivity contribution in [3.05, 3.63) is 16.5 Å². The largest absolute Gasteiger partial charge is 0.479 e. The molecule has 0 radical (unpaired) electrons. The molecule has 0 aliphatic carbocycles. The molecule has 0 N–H and O–H groups in total. The molecule has 5 nitrogen and oxygen atoms in total. The Morgan fingerprint density at radius 2 is 2.00 bits per heavy atom. The van der Waals surface area contributed by atoms with Crippen LogP contribution >= 0.6 is 11.3 Å². The lowest BCUT2D eigenvalue weighted by atomic mass is 10.1. The molecule has 4 heterocycles. The van der Waals surface area contributed by atoms with Gasteiger partial charge in [-0.3, -0.25) is 4.90 Å². The van der Waals surface area contributed by atoms with E-state index in [1.807, 2.05) is 9.80 Å². The maximum atomic E-state index is 12.6. The summed E-state index contributed by atoms with van der Waals surface area (Å²) >= 11 is 1.79. The minimum absolute atomic E-state index is 0.222. The third kappa shape index (κ3) is 3.65. The van der Waals surface area contributed by atoms with Gasteiger partial charge in [0.2, 0.25) is 0 Å². The number of ether oxygens (including phenoxy) is 1. The Kier molecular flexibility index (Phi) is 4.91. The number of nitrogens with zero attached hydrogens (tertiary/aromatic N) is 3. The van der Waals surface area contributed by atoms with Crippen LogP contribution in [0.25, 0.3) is 0 Å². The third-order valence-corrected chi connectivity index (χ3v) is 6.81. The van der Waals surface area contributed by atoms with Gasteiger partial charge < -0.3 is 14.5 Å². The Morgan fingerprint density at radius 1 is 1.20 bits per heavy atom. The molecule has 1 aromatic heterocycles. The van der Waals surface area contributed by atoms with Crippen LogP contribution in [0.5, 0.6) is 5.06 Å². The number of rotatable bonds is 3. The molecule has 6 heteroatoms. The number of urea groups is 1. The van der Waals surface area contributed by atoms with Crippen molar-refractivity contribution < 1.29 is 9.53 Å². The van der Waals surface area contributed by atoms with Crippen LogP contribution in [0, 0.1) is 0 Å². The van der Waals surface area contributed by atoms with Crippen molar-refractivity contribution in [3.63, 3.8) is 0 Å². The molecule has 2 amide bonds. The van der Waals surface area contributed by atoms with E-state index in [9.17, 15) is 4.79 Å². The van der Waals surface area contributed by atoms with Crippen LogP contribution in [0.4, 0.5) is 4.79 Å². The predicted molar refractivity (Wildman–Crippen MR) is 100 cm³/mol. The van der Waals surface area contributed by atoms with Gasteiger partial charge in [0.1, 0.15) is 6.10 Å². The number of amides is 2. The van der Waals surface area contributed by atoms with E-state index >= 15 is 0 Å². The first kappa shape index (κ1) is 17.2. The monoisotopic (exact) mass is 363 g/mol. The summed E-state index contributed by atoms with van der Waals surface area (Å²) in [5.41, 5.74) is 1.29. The molecule has 1 aromatic rings. The lowest BCUT2D eigenvalue weighted by molar-refractivity contribution is 0.157. The number of carbonyl (C=O) groups excluding carboxylic acids is 1. The summed E-state index contributed by atoms with van der Waals surface area (Å²) < 4.78 is 6.27. The fourth-order valence-corrected chi connectivity index (χ4v) is 5.20. The van der Waals surface area contributed by atoms with E-state index in [1.54, 1.807) is 11.3 Å². The van der Waals surface area contributed by atoms with Crippen molar-refractivity contribution in [2.45, 2.75) is 58.2 Å². The van der Waals surface area contributed by atoms with Crippen LogP contribution in [-0.2, 0) is 13.0 Å². The second-order valence-electron chi connectivity index (χ2n) is 7.78. The van der Waals surface area contributed by atoms with Gasteiger partial charge in [-0.1, -0.05) is 0 Å². The van der Waals surface area contributed by atoms with Crippen molar-refractivity contribution in [1.82, 2.24) is 14.7 Å². The molecule has 4 rings (SSSR count). The standard InChI is InChI=1S/C19H29N3O2S/c1-14(2)21-9-5-16(13-21)24-18-11-15-12-22(10-6-17(15)25-18)19(23)20-7-3-4-8-20/h11,14,16H,3-10,12-13H2,1-2H3. The lowest BCUT2D eigenvalue weighted by Gasteiger charge is -2.30. The zero-order chi connectivity index (χ0) is 17.4. The molecule has 2 saturated heterocycles. The van der Waals surface area contributed by atoms with Crippen molar-refractivity contribution in [1.29, 1.82) is 0 Å².